The van der Waals surface area contributed by atoms with Gasteiger partial charge < -0.3 is 10.5 Å². The van der Waals surface area contributed by atoms with Crippen molar-refractivity contribution in [3.05, 3.63) is 53.1 Å². The molecule has 0 fully saturated rings. The highest BCUT2D eigenvalue weighted by atomic mass is 16.5. The molecule has 18 heavy (non-hydrogen) atoms. The Kier molecular flexibility index (Phi) is 3.20. The van der Waals surface area contributed by atoms with E-state index in [1.165, 1.54) is 0 Å². The number of anilines is 1. The summed E-state index contributed by atoms with van der Waals surface area (Å²) in [5, 5.41) is 8.86. The lowest BCUT2D eigenvalue weighted by Crippen LogP contribution is -1.93. The average molecular weight is 238 g/mol. The summed E-state index contributed by atoms with van der Waals surface area (Å²) in [6.45, 7) is 4.02. The van der Waals surface area contributed by atoms with Crippen LogP contribution in [0.2, 0.25) is 0 Å². The summed E-state index contributed by atoms with van der Waals surface area (Å²) in [6, 6.07) is 13.0. The summed E-state index contributed by atoms with van der Waals surface area (Å²) >= 11 is 0. The van der Waals surface area contributed by atoms with E-state index in [-0.39, 0.29) is 0 Å². The molecule has 0 spiro atoms. The topological polar surface area (TPSA) is 59.0 Å². The van der Waals surface area contributed by atoms with Gasteiger partial charge in [0.15, 0.2) is 5.75 Å². The Balaban J connectivity index is 2.36. The molecule has 0 bridgehead atoms. The summed E-state index contributed by atoms with van der Waals surface area (Å²) in [4.78, 5) is 0. The van der Waals surface area contributed by atoms with E-state index in [1.54, 1.807) is 18.2 Å². The monoisotopic (exact) mass is 238 g/mol. The lowest BCUT2D eigenvalue weighted by molar-refractivity contribution is 0.484. The molecule has 0 aromatic heterocycles. The van der Waals surface area contributed by atoms with Crippen molar-refractivity contribution in [2.45, 2.75) is 13.8 Å². The van der Waals surface area contributed by atoms with Crippen molar-refractivity contribution in [3.8, 4) is 17.6 Å². The van der Waals surface area contributed by atoms with Crippen LogP contribution in [0.25, 0.3) is 0 Å². The van der Waals surface area contributed by atoms with Crippen molar-refractivity contribution in [3.63, 3.8) is 0 Å². The van der Waals surface area contributed by atoms with Crippen molar-refractivity contribution in [2.75, 3.05) is 5.73 Å². The SMILES string of the molecule is Cc1cc(C)cc(Oc2cc(C#N)ccc2N)c1. The molecule has 2 rings (SSSR count). The number of nitrogen functional groups attached to an aromatic ring is 1. The number of nitriles is 1. The fourth-order valence-corrected chi connectivity index (χ4v) is 1.81. The van der Waals surface area contributed by atoms with Crippen molar-refractivity contribution in [1.82, 2.24) is 0 Å². The predicted molar refractivity (Wildman–Crippen MR) is 71.6 cm³/mol. The minimum absolute atomic E-state index is 0.513. The summed E-state index contributed by atoms with van der Waals surface area (Å²) in [5.74, 6) is 1.24. The van der Waals surface area contributed by atoms with E-state index in [1.807, 2.05) is 26.0 Å². The van der Waals surface area contributed by atoms with Crippen molar-refractivity contribution in [1.29, 1.82) is 5.26 Å². The van der Waals surface area contributed by atoms with E-state index >= 15 is 0 Å². The highest BCUT2D eigenvalue weighted by molar-refractivity contribution is 5.57. The van der Waals surface area contributed by atoms with Crippen LogP contribution in [0.1, 0.15) is 16.7 Å². The fourth-order valence-electron chi connectivity index (χ4n) is 1.81. The second-order valence-corrected chi connectivity index (χ2v) is 4.29. The normalized spacial score (nSPS) is 9.83. The Labute approximate surface area is 106 Å². The number of nitrogens with two attached hydrogens (primary N) is 1. The maximum absolute atomic E-state index is 8.86. The van der Waals surface area contributed by atoms with Crippen LogP contribution in [0.3, 0.4) is 0 Å². The van der Waals surface area contributed by atoms with E-state index in [0.717, 1.165) is 16.9 Å². The van der Waals surface area contributed by atoms with Crippen LogP contribution < -0.4 is 10.5 Å². The first kappa shape index (κ1) is 12.0. The molecule has 3 heteroatoms. The third-order valence-electron chi connectivity index (χ3n) is 2.57. The van der Waals surface area contributed by atoms with E-state index in [9.17, 15) is 0 Å². The third kappa shape index (κ3) is 2.61. The van der Waals surface area contributed by atoms with Gasteiger partial charge in [0, 0.05) is 6.07 Å². The lowest BCUT2D eigenvalue weighted by atomic mass is 10.1. The van der Waals surface area contributed by atoms with Gasteiger partial charge in [-0.3, -0.25) is 0 Å². The molecular formula is C15H14N2O. The van der Waals surface area contributed by atoms with Gasteiger partial charge >= 0.3 is 0 Å². The quantitative estimate of drug-likeness (QED) is 0.814. The number of aryl methyl sites for hydroxylation is 2. The van der Waals surface area contributed by atoms with Crippen molar-refractivity contribution >= 4 is 5.69 Å². The zero-order chi connectivity index (χ0) is 13.1. The standard InChI is InChI=1S/C15H14N2O/c1-10-5-11(2)7-13(6-10)18-15-8-12(9-16)3-4-14(15)17/h3-8H,17H2,1-2H3. The van der Waals surface area contributed by atoms with Crippen molar-refractivity contribution < 1.29 is 4.74 Å². The highest BCUT2D eigenvalue weighted by Gasteiger charge is 2.05. The minimum atomic E-state index is 0.513. The maximum Gasteiger partial charge on any atom is 0.151 e. The number of rotatable bonds is 2. The van der Waals surface area contributed by atoms with Gasteiger partial charge in [-0.15, -0.1) is 0 Å². The summed E-state index contributed by atoms with van der Waals surface area (Å²) in [6.07, 6.45) is 0. The zero-order valence-corrected chi connectivity index (χ0v) is 10.4. The first-order chi connectivity index (χ1) is 8.58. The summed E-state index contributed by atoms with van der Waals surface area (Å²) < 4.78 is 5.74. The van der Waals surface area contributed by atoms with E-state index in [0.29, 0.717) is 17.0 Å². The number of ether oxygens (including phenoxy) is 1. The van der Waals surface area contributed by atoms with Gasteiger partial charge in [-0.1, -0.05) is 6.07 Å². The summed E-state index contributed by atoms with van der Waals surface area (Å²) in [7, 11) is 0. The minimum Gasteiger partial charge on any atom is -0.455 e. The smallest absolute Gasteiger partial charge is 0.151 e. The van der Waals surface area contributed by atoms with Crippen molar-refractivity contribution in [2.24, 2.45) is 0 Å². The van der Waals surface area contributed by atoms with Gasteiger partial charge in [-0.25, -0.2) is 0 Å². The Morgan fingerprint density at radius 2 is 1.72 bits per heavy atom. The zero-order valence-electron chi connectivity index (χ0n) is 10.4. The second-order valence-electron chi connectivity index (χ2n) is 4.29. The van der Waals surface area contributed by atoms with Gasteiger partial charge in [0.25, 0.3) is 0 Å². The molecule has 2 N–H and O–H groups in total. The Morgan fingerprint density at radius 1 is 1.06 bits per heavy atom. The lowest BCUT2D eigenvalue weighted by Gasteiger charge is -2.10. The maximum atomic E-state index is 8.86. The Hall–Kier alpha value is -2.47. The summed E-state index contributed by atoms with van der Waals surface area (Å²) in [5.41, 5.74) is 9.14. The molecule has 0 aliphatic rings. The molecule has 0 amide bonds. The molecule has 2 aromatic carbocycles. The first-order valence-corrected chi connectivity index (χ1v) is 5.64. The molecule has 90 valence electrons. The van der Waals surface area contributed by atoms with Crippen LogP contribution >= 0.6 is 0 Å². The van der Waals surface area contributed by atoms with Crippen LogP contribution in [0.5, 0.6) is 11.5 Å². The van der Waals surface area contributed by atoms with Gasteiger partial charge in [0.1, 0.15) is 5.75 Å². The van der Waals surface area contributed by atoms with Gasteiger partial charge in [0.2, 0.25) is 0 Å². The molecule has 0 aliphatic heterocycles. The molecule has 0 saturated carbocycles. The second kappa shape index (κ2) is 4.80. The predicted octanol–water partition coefficient (Wildman–Crippen LogP) is 3.55. The molecule has 0 saturated heterocycles. The number of hydrogen-bond acceptors (Lipinski definition) is 3. The number of benzene rings is 2. The molecule has 0 atom stereocenters. The fraction of sp³-hybridized carbons (Fsp3) is 0.133. The molecule has 2 aromatic rings. The first-order valence-electron chi connectivity index (χ1n) is 5.64. The highest BCUT2D eigenvalue weighted by Crippen LogP contribution is 2.29. The number of hydrogen-bond donors (Lipinski definition) is 1. The van der Waals surface area contributed by atoms with Crippen LogP contribution in [0.15, 0.2) is 36.4 Å². The van der Waals surface area contributed by atoms with E-state index in [4.69, 9.17) is 15.7 Å². The third-order valence-corrected chi connectivity index (χ3v) is 2.57. The molecule has 0 heterocycles. The molecule has 0 radical (unpaired) electrons. The van der Waals surface area contributed by atoms with E-state index < -0.39 is 0 Å². The number of nitrogens with zero attached hydrogens (tertiary/aromatic N) is 1. The van der Waals surface area contributed by atoms with Crippen LogP contribution in [0.4, 0.5) is 5.69 Å². The van der Waals surface area contributed by atoms with Crippen LogP contribution in [0, 0.1) is 25.2 Å². The molecule has 3 nitrogen and oxygen atoms in total. The largest absolute Gasteiger partial charge is 0.455 e. The van der Waals surface area contributed by atoms with Gasteiger partial charge in [-0.2, -0.15) is 5.26 Å². The van der Waals surface area contributed by atoms with E-state index in [2.05, 4.69) is 12.1 Å². The molecule has 0 unspecified atom stereocenters. The van der Waals surface area contributed by atoms with Crippen LogP contribution in [-0.2, 0) is 0 Å². The molecule has 0 aliphatic carbocycles. The Morgan fingerprint density at radius 3 is 2.33 bits per heavy atom. The molecular weight excluding hydrogens is 224 g/mol. The average Bonchev–Trinajstić information content (AvgIpc) is 2.30. The van der Waals surface area contributed by atoms with Crippen LogP contribution in [-0.4, -0.2) is 0 Å². The van der Waals surface area contributed by atoms with Gasteiger partial charge in [-0.05, 0) is 49.2 Å². The van der Waals surface area contributed by atoms with Gasteiger partial charge in [0.05, 0.1) is 17.3 Å². The Bertz CT molecular complexity index is 607.